The third kappa shape index (κ3) is 3.32. The van der Waals surface area contributed by atoms with E-state index < -0.39 is 11.4 Å². The zero-order valence-electron chi connectivity index (χ0n) is 9.82. The van der Waals surface area contributed by atoms with Gasteiger partial charge in [-0.3, -0.25) is 4.79 Å². The molecule has 94 valence electrons. The number of nitrogens with two attached hydrogens (primary N) is 1. The van der Waals surface area contributed by atoms with Gasteiger partial charge in [0.05, 0.1) is 12.0 Å². The molecule has 0 aliphatic heterocycles. The second-order valence-corrected chi connectivity index (χ2v) is 4.34. The van der Waals surface area contributed by atoms with Crippen molar-refractivity contribution in [1.82, 2.24) is 5.32 Å². The fourth-order valence-electron chi connectivity index (χ4n) is 1.09. The van der Waals surface area contributed by atoms with Crippen molar-refractivity contribution in [2.24, 2.45) is 11.1 Å². The largest absolute Gasteiger partial charge is 0.475 e. The van der Waals surface area contributed by atoms with Crippen molar-refractivity contribution in [3.63, 3.8) is 0 Å². The van der Waals surface area contributed by atoms with Crippen LogP contribution >= 0.6 is 0 Å². The minimum Gasteiger partial charge on any atom is -0.475 e. The average Bonchev–Trinajstić information content (AvgIpc) is 2.74. The molecule has 1 rings (SSSR count). The van der Waals surface area contributed by atoms with E-state index in [1.807, 2.05) is 0 Å². The van der Waals surface area contributed by atoms with Crippen LogP contribution in [0.3, 0.4) is 0 Å². The Kier molecular flexibility index (Phi) is 3.90. The van der Waals surface area contributed by atoms with E-state index in [9.17, 15) is 9.59 Å². The monoisotopic (exact) mass is 240 g/mol. The van der Waals surface area contributed by atoms with Gasteiger partial charge in [0.25, 0.3) is 0 Å². The van der Waals surface area contributed by atoms with Crippen molar-refractivity contribution in [2.45, 2.75) is 20.4 Å². The fraction of sp³-hybridized carbons (Fsp3) is 0.455. The van der Waals surface area contributed by atoms with Crippen LogP contribution in [0.25, 0.3) is 0 Å². The molecule has 0 saturated heterocycles. The van der Waals surface area contributed by atoms with Crippen molar-refractivity contribution in [1.29, 1.82) is 0 Å². The Morgan fingerprint density at radius 3 is 2.59 bits per heavy atom. The van der Waals surface area contributed by atoms with Crippen LogP contribution < -0.4 is 11.1 Å². The summed E-state index contributed by atoms with van der Waals surface area (Å²) >= 11 is 0. The number of furan rings is 1. The zero-order chi connectivity index (χ0) is 13.1. The molecule has 1 heterocycles. The highest BCUT2D eigenvalue weighted by atomic mass is 16.4. The summed E-state index contributed by atoms with van der Waals surface area (Å²) in [5.74, 6) is -1.09. The number of amides is 1. The van der Waals surface area contributed by atoms with E-state index in [1.54, 1.807) is 13.8 Å². The fourth-order valence-corrected chi connectivity index (χ4v) is 1.09. The average molecular weight is 240 g/mol. The molecule has 17 heavy (non-hydrogen) atoms. The SMILES string of the molecule is CC(C)(CN)C(=O)NCc1ccc(C(=O)O)o1. The lowest BCUT2D eigenvalue weighted by atomic mass is 9.93. The van der Waals surface area contributed by atoms with Gasteiger partial charge >= 0.3 is 5.97 Å². The van der Waals surface area contributed by atoms with Crippen molar-refractivity contribution in [2.75, 3.05) is 6.54 Å². The molecule has 0 aliphatic carbocycles. The van der Waals surface area contributed by atoms with Crippen molar-refractivity contribution >= 4 is 11.9 Å². The number of carboxylic acids is 1. The molecule has 0 unspecified atom stereocenters. The van der Waals surface area contributed by atoms with Crippen LogP contribution in [0.5, 0.6) is 0 Å². The maximum absolute atomic E-state index is 11.7. The first-order valence-corrected chi connectivity index (χ1v) is 5.17. The molecule has 6 nitrogen and oxygen atoms in total. The minimum absolute atomic E-state index is 0.146. The van der Waals surface area contributed by atoms with Crippen molar-refractivity contribution < 1.29 is 19.1 Å². The van der Waals surface area contributed by atoms with Gasteiger partial charge in [0.15, 0.2) is 0 Å². The van der Waals surface area contributed by atoms with E-state index in [0.29, 0.717) is 5.76 Å². The lowest BCUT2D eigenvalue weighted by molar-refractivity contribution is -0.129. The summed E-state index contributed by atoms with van der Waals surface area (Å²) in [5.41, 5.74) is 4.81. The number of rotatable bonds is 5. The van der Waals surface area contributed by atoms with Gasteiger partial charge in [-0.1, -0.05) is 0 Å². The van der Waals surface area contributed by atoms with Crippen LogP contribution in [0.15, 0.2) is 16.5 Å². The molecule has 0 spiro atoms. The lowest BCUT2D eigenvalue weighted by Crippen LogP contribution is -2.41. The van der Waals surface area contributed by atoms with Crippen molar-refractivity contribution in [3.05, 3.63) is 23.7 Å². The topological polar surface area (TPSA) is 106 Å². The highest BCUT2D eigenvalue weighted by Crippen LogP contribution is 2.13. The molecule has 0 fully saturated rings. The number of carbonyl (C=O) groups excluding carboxylic acids is 1. The van der Waals surface area contributed by atoms with Crippen LogP contribution in [0.1, 0.15) is 30.2 Å². The minimum atomic E-state index is -1.13. The number of carbonyl (C=O) groups is 2. The molecule has 0 saturated carbocycles. The number of carboxylic acid groups (broad SMARTS) is 1. The Balaban J connectivity index is 2.56. The van der Waals surface area contributed by atoms with Gasteiger partial charge in [-0.2, -0.15) is 0 Å². The predicted octanol–water partition coefficient (Wildman–Crippen LogP) is 0.579. The van der Waals surface area contributed by atoms with Gasteiger partial charge in [-0.15, -0.1) is 0 Å². The van der Waals surface area contributed by atoms with Gasteiger partial charge in [0.2, 0.25) is 11.7 Å². The quantitative estimate of drug-likeness (QED) is 0.698. The van der Waals surface area contributed by atoms with Crippen molar-refractivity contribution in [3.8, 4) is 0 Å². The summed E-state index contributed by atoms with van der Waals surface area (Å²) in [4.78, 5) is 22.2. The molecule has 0 bridgehead atoms. The van der Waals surface area contributed by atoms with Crippen LogP contribution in [0.4, 0.5) is 0 Å². The standard InChI is InChI=1S/C11H16N2O4/c1-11(2,6-12)10(16)13-5-7-3-4-8(17-7)9(14)15/h3-4H,5-6,12H2,1-2H3,(H,13,16)(H,14,15). The smallest absolute Gasteiger partial charge is 0.371 e. The summed E-state index contributed by atoms with van der Waals surface area (Å²) in [6.45, 7) is 3.84. The van der Waals surface area contributed by atoms with Gasteiger partial charge in [0.1, 0.15) is 5.76 Å². The normalized spacial score (nSPS) is 11.2. The predicted molar refractivity (Wildman–Crippen MR) is 60.3 cm³/mol. The Hall–Kier alpha value is -1.82. The molecule has 1 aromatic heterocycles. The Bertz CT molecular complexity index is 423. The summed E-state index contributed by atoms with van der Waals surface area (Å²) in [5, 5.41) is 11.3. The second-order valence-electron chi connectivity index (χ2n) is 4.34. The molecular formula is C11H16N2O4. The molecule has 1 amide bonds. The number of hydrogen-bond donors (Lipinski definition) is 3. The number of hydrogen-bond acceptors (Lipinski definition) is 4. The van der Waals surface area contributed by atoms with Crippen LogP contribution in [-0.2, 0) is 11.3 Å². The van der Waals surface area contributed by atoms with E-state index in [4.69, 9.17) is 15.3 Å². The van der Waals surface area contributed by atoms with Gasteiger partial charge in [-0.25, -0.2) is 4.79 Å². The molecule has 0 atom stereocenters. The molecular weight excluding hydrogens is 224 g/mol. The molecule has 0 aromatic carbocycles. The highest BCUT2D eigenvalue weighted by molar-refractivity contribution is 5.84. The molecule has 0 aliphatic rings. The number of aromatic carboxylic acids is 1. The Morgan fingerprint density at radius 2 is 2.12 bits per heavy atom. The second kappa shape index (κ2) is 5.01. The van der Waals surface area contributed by atoms with E-state index in [-0.39, 0.29) is 24.8 Å². The third-order valence-corrected chi connectivity index (χ3v) is 2.42. The van der Waals surface area contributed by atoms with E-state index in [1.165, 1.54) is 12.1 Å². The van der Waals surface area contributed by atoms with Crippen LogP contribution in [-0.4, -0.2) is 23.5 Å². The molecule has 0 radical (unpaired) electrons. The summed E-state index contributed by atoms with van der Waals surface area (Å²) in [6, 6.07) is 2.86. The lowest BCUT2D eigenvalue weighted by Gasteiger charge is -2.20. The maximum Gasteiger partial charge on any atom is 0.371 e. The molecule has 6 heteroatoms. The summed E-state index contributed by atoms with van der Waals surface area (Å²) in [6.07, 6.45) is 0. The third-order valence-electron chi connectivity index (χ3n) is 2.42. The number of nitrogens with one attached hydrogen (secondary N) is 1. The van der Waals surface area contributed by atoms with Gasteiger partial charge < -0.3 is 20.6 Å². The van der Waals surface area contributed by atoms with Crippen LogP contribution in [0.2, 0.25) is 0 Å². The first kappa shape index (κ1) is 13.2. The molecule has 1 aromatic rings. The van der Waals surface area contributed by atoms with Gasteiger partial charge in [-0.05, 0) is 26.0 Å². The van der Waals surface area contributed by atoms with E-state index >= 15 is 0 Å². The molecule has 4 N–H and O–H groups in total. The van der Waals surface area contributed by atoms with Crippen LogP contribution in [0, 0.1) is 5.41 Å². The summed E-state index contributed by atoms with van der Waals surface area (Å²) < 4.78 is 5.00. The van der Waals surface area contributed by atoms with Gasteiger partial charge in [0, 0.05) is 6.54 Å². The zero-order valence-corrected chi connectivity index (χ0v) is 9.82. The maximum atomic E-state index is 11.7. The Labute approximate surface area is 98.8 Å². The summed E-state index contributed by atoms with van der Waals surface area (Å²) in [7, 11) is 0. The Morgan fingerprint density at radius 1 is 1.47 bits per heavy atom. The van der Waals surface area contributed by atoms with E-state index in [2.05, 4.69) is 5.32 Å². The highest BCUT2D eigenvalue weighted by Gasteiger charge is 2.25. The first-order chi connectivity index (χ1) is 7.86. The first-order valence-electron chi connectivity index (χ1n) is 5.17. The van der Waals surface area contributed by atoms with E-state index in [0.717, 1.165) is 0 Å².